The molecule has 0 aliphatic carbocycles. The summed E-state index contributed by atoms with van der Waals surface area (Å²) in [7, 11) is 0. The number of hydrogen-bond donors (Lipinski definition) is 2. The lowest BCUT2D eigenvalue weighted by atomic mass is 10.0. The standard InChI is InChI=1S/C16H14O4S/c1-10(17)21-14-9-12(11-5-3-2-4-6-11)7-8-13(14)15(18)16(19)20/h2-9,15,18H,1H3,(H,19,20). The first kappa shape index (κ1) is 15.3. The lowest BCUT2D eigenvalue weighted by molar-refractivity contribution is -0.147. The van der Waals surface area contributed by atoms with Gasteiger partial charge < -0.3 is 10.2 Å². The zero-order valence-electron chi connectivity index (χ0n) is 11.3. The number of rotatable bonds is 4. The van der Waals surface area contributed by atoms with Gasteiger partial charge in [0.15, 0.2) is 11.2 Å². The van der Waals surface area contributed by atoms with Gasteiger partial charge in [0, 0.05) is 17.4 Å². The number of aliphatic hydroxyl groups is 1. The summed E-state index contributed by atoms with van der Waals surface area (Å²) in [6, 6.07) is 14.5. The summed E-state index contributed by atoms with van der Waals surface area (Å²) in [6.45, 7) is 1.40. The number of benzene rings is 2. The van der Waals surface area contributed by atoms with E-state index < -0.39 is 12.1 Å². The van der Waals surface area contributed by atoms with Crippen LogP contribution in [-0.4, -0.2) is 21.3 Å². The molecule has 108 valence electrons. The molecule has 1 unspecified atom stereocenters. The predicted molar refractivity (Wildman–Crippen MR) is 81.0 cm³/mol. The number of carboxylic acids is 1. The molecule has 2 aromatic rings. The van der Waals surface area contributed by atoms with Gasteiger partial charge >= 0.3 is 5.97 Å². The Balaban J connectivity index is 2.49. The van der Waals surface area contributed by atoms with E-state index in [-0.39, 0.29) is 10.7 Å². The maximum atomic E-state index is 11.3. The van der Waals surface area contributed by atoms with Gasteiger partial charge in [-0.15, -0.1) is 0 Å². The van der Waals surface area contributed by atoms with Gasteiger partial charge in [0.05, 0.1) is 0 Å². The van der Waals surface area contributed by atoms with Crippen molar-refractivity contribution in [2.24, 2.45) is 0 Å². The Labute approximate surface area is 126 Å². The minimum atomic E-state index is -1.64. The monoisotopic (exact) mass is 302 g/mol. The predicted octanol–water partition coefficient (Wildman–Crippen LogP) is 3.11. The average molecular weight is 302 g/mol. The maximum Gasteiger partial charge on any atom is 0.337 e. The van der Waals surface area contributed by atoms with Crippen molar-refractivity contribution < 1.29 is 19.8 Å². The van der Waals surface area contributed by atoms with Crippen LogP contribution in [0.15, 0.2) is 53.4 Å². The fourth-order valence-electron chi connectivity index (χ4n) is 1.95. The number of aliphatic hydroxyl groups excluding tert-OH is 1. The van der Waals surface area contributed by atoms with Gasteiger partial charge in [-0.05, 0) is 17.2 Å². The highest BCUT2D eigenvalue weighted by molar-refractivity contribution is 8.13. The van der Waals surface area contributed by atoms with E-state index in [1.165, 1.54) is 6.92 Å². The van der Waals surface area contributed by atoms with Crippen LogP contribution < -0.4 is 0 Å². The largest absolute Gasteiger partial charge is 0.479 e. The molecule has 0 aliphatic rings. The van der Waals surface area contributed by atoms with Crippen molar-refractivity contribution >= 4 is 22.8 Å². The van der Waals surface area contributed by atoms with E-state index in [0.717, 1.165) is 22.9 Å². The number of thioether (sulfide) groups is 1. The molecular formula is C16H14O4S. The minimum absolute atomic E-state index is 0.168. The first-order valence-electron chi connectivity index (χ1n) is 6.27. The van der Waals surface area contributed by atoms with E-state index in [1.807, 2.05) is 30.3 Å². The highest BCUT2D eigenvalue weighted by Crippen LogP contribution is 2.32. The van der Waals surface area contributed by atoms with Crippen LogP contribution in [0.3, 0.4) is 0 Å². The second-order valence-corrected chi connectivity index (χ2v) is 5.67. The molecule has 2 aromatic carbocycles. The molecule has 0 bridgehead atoms. The molecule has 0 spiro atoms. The molecule has 5 heteroatoms. The summed E-state index contributed by atoms with van der Waals surface area (Å²) in [5.41, 5.74) is 2.04. The van der Waals surface area contributed by atoms with Crippen molar-refractivity contribution in [3.8, 4) is 11.1 Å². The minimum Gasteiger partial charge on any atom is -0.479 e. The van der Waals surface area contributed by atoms with Crippen LogP contribution in [0.4, 0.5) is 0 Å². The SMILES string of the molecule is CC(=O)Sc1cc(-c2ccccc2)ccc1C(O)C(=O)O. The van der Waals surface area contributed by atoms with Gasteiger partial charge in [-0.2, -0.15) is 0 Å². The van der Waals surface area contributed by atoms with Crippen LogP contribution in [0.2, 0.25) is 0 Å². The highest BCUT2D eigenvalue weighted by Gasteiger charge is 2.21. The fraction of sp³-hybridized carbons (Fsp3) is 0.125. The third-order valence-electron chi connectivity index (χ3n) is 2.90. The van der Waals surface area contributed by atoms with E-state index >= 15 is 0 Å². The van der Waals surface area contributed by atoms with Gasteiger partial charge in [0.25, 0.3) is 0 Å². The van der Waals surface area contributed by atoms with Crippen LogP contribution >= 0.6 is 11.8 Å². The maximum absolute atomic E-state index is 11.3. The van der Waals surface area contributed by atoms with Gasteiger partial charge in [0.2, 0.25) is 0 Å². The van der Waals surface area contributed by atoms with Crippen LogP contribution in [0.5, 0.6) is 0 Å². The Bertz CT molecular complexity index is 667. The lowest BCUT2D eigenvalue weighted by Gasteiger charge is -2.13. The third-order valence-corrected chi connectivity index (χ3v) is 3.76. The molecule has 0 amide bonds. The second-order valence-electron chi connectivity index (χ2n) is 4.45. The Kier molecular flexibility index (Phi) is 4.77. The molecular weight excluding hydrogens is 288 g/mol. The molecule has 2 rings (SSSR count). The molecule has 0 saturated carbocycles. The summed E-state index contributed by atoms with van der Waals surface area (Å²) in [5, 5.41) is 18.5. The number of hydrogen-bond acceptors (Lipinski definition) is 4. The van der Waals surface area contributed by atoms with Gasteiger partial charge in [0.1, 0.15) is 0 Å². The summed E-state index contributed by atoms with van der Waals surface area (Å²) < 4.78 is 0. The Morgan fingerprint density at radius 1 is 1.05 bits per heavy atom. The van der Waals surface area contributed by atoms with Crippen LogP contribution in [-0.2, 0) is 9.59 Å². The van der Waals surface area contributed by atoms with E-state index in [2.05, 4.69) is 0 Å². The average Bonchev–Trinajstić information content (AvgIpc) is 2.46. The first-order valence-corrected chi connectivity index (χ1v) is 7.09. The van der Waals surface area contributed by atoms with Crippen molar-refractivity contribution in [3.63, 3.8) is 0 Å². The normalized spacial score (nSPS) is 11.9. The van der Waals surface area contributed by atoms with E-state index in [1.54, 1.807) is 18.2 Å². The van der Waals surface area contributed by atoms with Crippen molar-refractivity contribution in [1.82, 2.24) is 0 Å². The van der Waals surface area contributed by atoms with Crippen molar-refractivity contribution in [2.45, 2.75) is 17.9 Å². The molecule has 0 saturated heterocycles. The van der Waals surface area contributed by atoms with Gasteiger partial charge in [-0.25, -0.2) is 4.79 Å². The zero-order valence-corrected chi connectivity index (χ0v) is 12.1. The summed E-state index contributed by atoms with van der Waals surface area (Å²) in [5.74, 6) is -1.34. The Hall–Kier alpha value is -2.11. The molecule has 0 aromatic heterocycles. The lowest BCUT2D eigenvalue weighted by Crippen LogP contribution is -2.11. The zero-order chi connectivity index (χ0) is 15.4. The fourth-order valence-corrected chi connectivity index (χ4v) is 2.74. The van der Waals surface area contributed by atoms with Crippen molar-refractivity contribution in [3.05, 3.63) is 54.1 Å². The number of aliphatic carboxylic acids is 1. The number of carboxylic acid groups (broad SMARTS) is 1. The molecule has 0 heterocycles. The first-order chi connectivity index (χ1) is 9.99. The molecule has 0 aliphatic heterocycles. The third kappa shape index (κ3) is 3.71. The summed E-state index contributed by atoms with van der Waals surface area (Å²) in [4.78, 5) is 22.7. The molecule has 4 nitrogen and oxygen atoms in total. The van der Waals surface area contributed by atoms with Crippen LogP contribution in [0.1, 0.15) is 18.6 Å². The topological polar surface area (TPSA) is 74.6 Å². The second kappa shape index (κ2) is 6.56. The molecule has 1 atom stereocenters. The molecule has 21 heavy (non-hydrogen) atoms. The van der Waals surface area contributed by atoms with E-state index in [0.29, 0.717) is 4.90 Å². The quantitative estimate of drug-likeness (QED) is 0.849. The van der Waals surface area contributed by atoms with Crippen molar-refractivity contribution in [1.29, 1.82) is 0 Å². The van der Waals surface area contributed by atoms with E-state index in [9.17, 15) is 14.7 Å². The van der Waals surface area contributed by atoms with Crippen LogP contribution in [0, 0.1) is 0 Å². The molecule has 0 radical (unpaired) electrons. The van der Waals surface area contributed by atoms with Gasteiger partial charge in [-0.1, -0.05) is 54.2 Å². The number of carbonyl (C=O) groups excluding carboxylic acids is 1. The smallest absolute Gasteiger partial charge is 0.337 e. The Morgan fingerprint density at radius 3 is 2.29 bits per heavy atom. The highest BCUT2D eigenvalue weighted by atomic mass is 32.2. The van der Waals surface area contributed by atoms with Crippen molar-refractivity contribution in [2.75, 3.05) is 0 Å². The van der Waals surface area contributed by atoms with Crippen LogP contribution in [0.25, 0.3) is 11.1 Å². The van der Waals surface area contributed by atoms with E-state index in [4.69, 9.17) is 5.11 Å². The van der Waals surface area contributed by atoms with Gasteiger partial charge in [-0.3, -0.25) is 4.79 Å². The summed E-state index contributed by atoms with van der Waals surface area (Å²) in [6.07, 6.45) is -1.64. The molecule has 2 N–H and O–H groups in total. The molecule has 0 fully saturated rings. The Morgan fingerprint density at radius 2 is 1.71 bits per heavy atom. The summed E-state index contributed by atoms with van der Waals surface area (Å²) >= 11 is 0.917. The number of carbonyl (C=O) groups is 2.